The number of carbonyl (C=O) groups is 2. The Kier molecular flexibility index (Phi) is 5.93. The molecule has 0 aromatic rings. The normalized spacial score (nSPS) is 11.9. The Bertz CT molecular complexity index is 176. The van der Waals surface area contributed by atoms with E-state index in [-0.39, 0.29) is 17.9 Å². The monoisotopic (exact) mass is 188 g/mol. The topological polar surface area (TPSA) is 52.6 Å². The molecule has 0 radical (unpaired) electrons. The lowest BCUT2D eigenvalue weighted by Crippen LogP contribution is -2.09. The largest absolute Gasteiger partial charge is 0.469 e. The highest BCUT2D eigenvalue weighted by molar-refractivity contribution is 5.70. The maximum Gasteiger partial charge on any atom is 0.305 e. The SMILES string of the molecule is COC(=O)CC[C@H](C)CC(=O)OC. The number of esters is 2. The van der Waals surface area contributed by atoms with Crippen LogP contribution in [0.1, 0.15) is 26.2 Å². The van der Waals surface area contributed by atoms with Crippen LogP contribution in [0.15, 0.2) is 0 Å². The summed E-state index contributed by atoms with van der Waals surface area (Å²) >= 11 is 0. The van der Waals surface area contributed by atoms with Crippen LogP contribution in [0.25, 0.3) is 0 Å². The van der Waals surface area contributed by atoms with Crippen molar-refractivity contribution in [2.24, 2.45) is 5.92 Å². The molecule has 0 rings (SSSR count). The molecule has 0 N–H and O–H groups in total. The Hall–Kier alpha value is -1.06. The molecule has 0 aliphatic heterocycles. The lowest BCUT2D eigenvalue weighted by molar-refractivity contribution is -0.143. The average molecular weight is 188 g/mol. The fraction of sp³-hybridized carbons (Fsp3) is 0.778. The van der Waals surface area contributed by atoms with E-state index >= 15 is 0 Å². The number of hydrogen-bond acceptors (Lipinski definition) is 4. The molecule has 0 amide bonds. The number of hydrogen-bond donors (Lipinski definition) is 0. The number of methoxy groups -OCH3 is 2. The molecule has 0 unspecified atom stereocenters. The van der Waals surface area contributed by atoms with Crippen molar-refractivity contribution < 1.29 is 19.1 Å². The first kappa shape index (κ1) is 11.9. The highest BCUT2D eigenvalue weighted by Crippen LogP contribution is 2.11. The zero-order chi connectivity index (χ0) is 10.3. The Morgan fingerprint density at radius 2 is 1.69 bits per heavy atom. The van der Waals surface area contributed by atoms with Crippen LogP contribution in [0.2, 0.25) is 0 Å². The minimum absolute atomic E-state index is 0.159. The second-order valence-electron chi connectivity index (χ2n) is 3.00. The van der Waals surface area contributed by atoms with Gasteiger partial charge in [0.1, 0.15) is 0 Å². The third-order valence-electron chi connectivity index (χ3n) is 1.81. The van der Waals surface area contributed by atoms with Crippen LogP contribution < -0.4 is 0 Å². The molecule has 0 spiro atoms. The van der Waals surface area contributed by atoms with Gasteiger partial charge < -0.3 is 9.47 Å². The van der Waals surface area contributed by atoms with Crippen LogP contribution in [0.4, 0.5) is 0 Å². The summed E-state index contributed by atoms with van der Waals surface area (Å²) < 4.78 is 8.98. The van der Waals surface area contributed by atoms with E-state index in [4.69, 9.17) is 0 Å². The molecule has 0 fully saturated rings. The van der Waals surface area contributed by atoms with Crippen LogP contribution in [0, 0.1) is 5.92 Å². The van der Waals surface area contributed by atoms with Crippen molar-refractivity contribution in [2.75, 3.05) is 14.2 Å². The highest BCUT2D eigenvalue weighted by Gasteiger charge is 2.11. The summed E-state index contributed by atoms with van der Waals surface area (Å²) in [5.41, 5.74) is 0. The van der Waals surface area contributed by atoms with E-state index < -0.39 is 0 Å². The number of ether oxygens (including phenoxy) is 2. The zero-order valence-electron chi connectivity index (χ0n) is 8.33. The second-order valence-corrected chi connectivity index (χ2v) is 3.00. The predicted molar refractivity (Wildman–Crippen MR) is 47.0 cm³/mol. The molecule has 1 atom stereocenters. The molecule has 0 saturated carbocycles. The van der Waals surface area contributed by atoms with Crippen molar-refractivity contribution in [1.29, 1.82) is 0 Å². The molecule has 4 heteroatoms. The van der Waals surface area contributed by atoms with Gasteiger partial charge in [0.25, 0.3) is 0 Å². The molecular formula is C9H16O4. The number of rotatable bonds is 5. The van der Waals surface area contributed by atoms with Gasteiger partial charge in [-0.05, 0) is 12.3 Å². The summed E-state index contributed by atoms with van der Waals surface area (Å²) in [6.45, 7) is 1.90. The van der Waals surface area contributed by atoms with E-state index in [2.05, 4.69) is 9.47 Å². The molecule has 0 bridgehead atoms. The van der Waals surface area contributed by atoms with Gasteiger partial charge in [-0.15, -0.1) is 0 Å². The molecule has 0 aromatic carbocycles. The summed E-state index contributed by atoms with van der Waals surface area (Å²) in [6.07, 6.45) is 1.37. The fourth-order valence-electron chi connectivity index (χ4n) is 0.936. The molecule has 0 aromatic heterocycles. The summed E-state index contributed by atoms with van der Waals surface area (Å²) in [5.74, 6) is -0.319. The molecule has 0 aliphatic carbocycles. The maximum absolute atomic E-state index is 10.8. The van der Waals surface area contributed by atoms with Gasteiger partial charge in [0, 0.05) is 12.8 Å². The van der Waals surface area contributed by atoms with Gasteiger partial charge in [0.05, 0.1) is 14.2 Å². The molecule has 13 heavy (non-hydrogen) atoms. The maximum atomic E-state index is 10.8. The minimum Gasteiger partial charge on any atom is -0.469 e. The van der Waals surface area contributed by atoms with Crippen LogP contribution in [0.3, 0.4) is 0 Å². The van der Waals surface area contributed by atoms with Crippen molar-refractivity contribution in [3.8, 4) is 0 Å². The van der Waals surface area contributed by atoms with Crippen molar-refractivity contribution in [2.45, 2.75) is 26.2 Å². The lowest BCUT2D eigenvalue weighted by atomic mass is 10.0. The van der Waals surface area contributed by atoms with Gasteiger partial charge in [-0.25, -0.2) is 0 Å². The first-order valence-electron chi connectivity index (χ1n) is 4.23. The van der Waals surface area contributed by atoms with E-state index in [0.717, 1.165) is 0 Å². The number of carbonyl (C=O) groups excluding carboxylic acids is 2. The standard InChI is InChI=1S/C9H16O4/c1-7(6-9(11)13-3)4-5-8(10)12-2/h7H,4-6H2,1-3H3/t7-/m0/s1. The van der Waals surface area contributed by atoms with Crippen LogP contribution in [-0.4, -0.2) is 26.2 Å². The van der Waals surface area contributed by atoms with E-state index in [1.165, 1.54) is 14.2 Å². The highest BCUT2D eigenvalue weighted by atomic mass is 16.5. The summed E-state index contributed by atoms with van der Waals surface area (Å²) in [6, 6.07) is 0. The first-order chi connectivity index (χ1) is 6.10. The second kappa shape index (κ2) is 6.46. The molecule has 4 nitrogen and oxygen atoms in total. The summed E-state index contributed by atoms with van der Waals surface area (Å²) in [5, 5.41) is 0. The smallest absolute Gasteiger partial charge is 0.305 e. The van der Waals surface area contributed by atoms with Crippen molar-refractivity contribution in [1.82, 2.24) is 0 Å². The Balaban J connectivity index is 3.56. The van der Waals surface area contributed by atoms with E-state index in [1.807, 2.05) is 6.92 Å². The molecule has 76 valence electrons. The summed E-state index contributed by atoms with van der Waals surface area (Å²) in [4.78, 5) is 21.5. The van der Waals surface area contributed by atoms with E-state index in [1.54, 1.807) is 0 Å². The average Bonchev–Trinajstić information content (AvgIpc) is 2.13. The third-order valence-corrected chi connectivity index (χ3v) is 1.81. The first-order valence-corrected chi connectivity index (χ1v) is 4.23. The van der Waals surface area contributed by atoms with E-state index in [9.17, 15) is 9.59 Å². The van der Waals surface area contributed by atoms with Crippen molar-refractivity contribution >= 4 is 11.9 Å². The van der Waals surface area contributed by atoms with Crippen molar-refractivity contribution in [3.63, 3.8) is 0 Å². The molecule has 0 aliphatic rings. The van der Waals surface area contributed by atoms with E-state index in [0.29, 0.717) is 19.3 Å². The Morgan fingerprint density at radius 1 is 1.15 bits per heavy atom. The Labute approximate surface area is 78.2 Å². The quantitative estimate of drug-likeness (QED) is 0.607. The van der Waals surface area contributed by atoms with Crippen LogP contribution in [-0.2, 0) is 19.1 Å². The zero-order valence-corrected chi connectivity index (χ0v) is 8.33. The van der Waals surface area contributed by atoms with Gasteiger partial charge in [0.15, 0.2) is 0 Å². The van der Waals surface area contributed by atoms with Gasteiger partial charge in [0.2, 0.25) is 0 Å². The van der Waals surface area contributed by atoms with Crippen LogP contribution >= 0.6 is 0 Å². The van der Waals surface area contributed by atoms with Gasteiger partial charge in [-0.2, -0.15) is 0 Å². The van der Waals surface area contributed by atoms with Gasteiger partial charge in [-0.3, -0.25) is 9.59 Å². The molecule has 0 heterocycles. The van der Waals surface area contributed by atoms with Gasteiger partial charge in [-0.1, -0.05) is 6.92 Å². The Morgan fingerprint density at radius 3 is 2.15 bits per heavy atom. The third kappa shape index (κ3) is 6.13. The fourth-order valence-corrected chi connectivity index (χ4v) is 0.936. The van der Waals surface area contributed by atoms with Crippen molar-refractivity contribution in [3.05, 3.63) is 0 Å². The molecule has 0 saturated heterocycles. The van der Waals surface area contributed by atoms with Gasteiger partial charge >= 0.3 is 11.9 Å². The van der Waals surface area contributed by atoms with Crippen LogP contribution in [0.5, 0.6) is 0 Å². The summed E-state index contributed by atoms with van der Waals surface area (Å²) in [7, 11) is 2.71. The molecular weight excluding hydrogens is 172 g/mol. The minimum atomic E-state index is -0.239. The lowest BCUT2D eigenvalue weighted by Gasteiger charge is -2.08. The predicted octanol–water partition coefficient (Wildman–Crippen LogP) is 1.14.